The Morgan fingerprint density at radius 3 is 2.26 bits per heavy atom. The third kappa shape index (κ3) is 5.08. The lowest BCUT2D eigenvalue weighted by Crippen LogP contribution is -2.51. The zero-order chi connectivity index (χ0) is 24.2. The van der Waals surface area contributed by atoms with E-state index in [-0.39, 0.29) is 36.7 Å². The molecule has 34 heavy (non-hydrogen) atoms. The zero-order valence-electron chi connectivity index (χ0n) is 19.7. The molecule has 1 fully saturated rings. The Bertz CT molecular complexity index is 1020. The van der Waals surface area contributed by atoms with Crippen LogP contribution in [0.5, 0.6) is 0 Å². The van der Waals surface area contributed by atoms with Gasteiger partial charge in [0.2, 0.25) is 5.91 Å². The van der Waals surface area contributed by atoms with Gasteiger partial charge in [0.05, 0.1) is 0 Å². The summed E-state index contributed by atoms with van der Waals surface area (Å²) in [5.74, 6) is -0.920. The number of rotatable bonds is 8. The molecule has 2 atom stereocenters. The lowest BCUT2D eigenvalue weighted by Gasteiger charge is -2.27. The van der Waals surface area contributed by atoms with Crippen LogP contribution in [0.2, 0.25) is 0 Å². The maximum absolute atomic E-state index is 13.1. The highest BCUT2D eigenvalue weighted by Gasteiger charge is 2.34. The molecule has 0 aromatic heterocycles. The number of hydrogen-bond acceptors (Lipinski definition) is 4. The predicted molar refractivity (Wildman–Crippen MR) is 128 cm³/mol. The Morgan fingerprint density at radius 2 is 1.68 bits per heavy atom. The maximum Gasteiger partial charge on any atom is 0.407 e. The van der Waals surface area contributed by atoms with E-state index in [2.05, 4.69) is 29.6 Å². The molecule has 2 aromatic carbocycles. The van der Waals surface area contributed by atoms with Crippen molar-refractivity contribution in [3.8, 4) is 11.1 Å². The summed E-state index contributed by atoms with van der Waals surface area (Å²) in [5, 5.41) is 11.7. The predicted octanol–water partition coefficient (Wildman–Crippen LogP) is 4.26. The first-order valence-corrected chi connectivity index (χ1v) is 12.0. The minimum atomic E-state index is -0.818. The Balaban J connectivity index is 1.36. The lowest BCUT2D eigenvalue weighted by atomic mass is 9.98. The second kappa shape index (κ2) is 10.3. The number of fused-ring (bicyclic) bond motifs is 3. The second-order valence-corrected chi connectivity index (χ2v) is 9.56. The number of alkyl carbamates (subject to hydrolysis) is 1. The van der Waals surface area contributed by atoms with E-state index in [9.17, 15) is 14.4 Å². The number of hydrogen-bond donors (Lipinski definition) is 2. The van der Waals surface area contributed by atoms with Crippen molar-refractivity contribution in [2.45, 2.75) is 45.1 Å². The number of aliphatic carboxylic acids is 1. The molecule has 2 aliphatic rings. The normalized spacial score (nSPS) is 17.9. The summed E-state index contributed by atoms with van der Waals surface area (Å²) in [6.07, 6.45) is 0.855. The van der Waals surface area contributed by atoms with Crippen LogP contribution in [-0.2, 0) is 14.3 Å². The largest absolute Gasteiger partial charge is 0.481 e. The van der Waals surface area contributed by atoms with E-state index in [1.54, 1.807) is 4.90 Å². The summed E-state index contributed by atoms with van der Waals surface area (Å²) in [6, 6.07) is 15.6. The third-order valence-electron chi connectivity index (χ3n) is 6.91. The number of carbonyl (C=O) groups is 3. The molecule has 7 heteroatoms. The molecule has 2 N–H and O–H groups in total. The van der Waals surface area contributed by atoms with Crippen molar-refractivity contribution in [3.05, 3.63) is 59.7 Å². The van der Waals surface area contributed by atoms with E-state index < -0.39 is 18.1 Å². The zero-order valence-corrected chi connectivity index (χ0v) is 19.7. The molecule has 4 rings (SSSR count). The van der Waals surface area contributed by atoms with Crippen LogP contribution in [0.1, 0.15) is 50.2 Å². The molecule has 7 nitrogen and oxygen atoms in total. The molecule has 0 bridgehead atoms. The van der Waals surface area contributed by atoms with Crippen molar-refractivity contribution in [2.24, 2.45) is 11.8 Å². The number of ether oxygens (including phenoxy) is 1. The van der Waals surface area contributed by atoms with Crippen LogP contribution in [0.15, 0.2) is 48.5 Å². The van der Waals surface area contributed by atoms with Crippen molar-refractivity contribution >= 4 is 18.0 Å². The Morgan fingerprint density at radius 1 is 1.06 bits per heavy atom. The fourth-order valence-electron chi connectivity index (χ4n) is 5.07. The monoisotopic (exact) mass is 464 g/mol. The standard InChI is InChI=1S/C27H32N2O5/c1-17(2)25(26(32)29-14-13-18(15-29)11-12-24(30)31)28-27(33)34-16-23-21-9-5-3-7-19(21)20-8-4-6-10-22(20)23/h3-10,17-18,23,25H,11-16H2,1-2H3,(H,28,33)(H,30,31)/t18?,25-/m1/s1. The fraction of sp³-hybridized carbons (Fsp3) is 0.444. The van der Waals surface area contributed by atoms with Gasteiger partial charge >= 0.3 is 12.1 Å². The lowest BCUT2D eigenvalue weighted by molar-refractivity contribution is -0.137. The Hall–Kier alpha value is -3.35. The maximum atomic E-state index is 13.1. The average molecular weight is 465 g/mol. The van der Waals surface area contributed by atoms with Gasteiger partial charge in [-0.1, -0.05) is 62.4 Å². The SMILES string of the molecule is CC(C)[C@@H](NC(=O)OCC1c2ccccc2-c2ccccc21)C(=O)N1CCC(CCC(=O)O)C1. The van der Waals surface area contributed by atoms with E-state index in [0.29, 0.717) is 19.5 Å². The molecule has 1 aliphatic carbocycles. The van der Waals surface area contributed by atoms with Gasteiger partial charge in [-0.15, -0.1) is 0 Å². The number of likely N-dealkylation sites (tertiary alicyclic amines) is 1. The number of amides is 2. The molecule has 1 unspecified atom stereocenters. The number of benzene rings is 2. The molecule has 0 radical (unpaired) electrons. The van der Waals surface area contributed by atoms with Gasteiger partial charge in [-0.05, 0) is 46.9 Å². The first-order valence-electron chi connectivity index (χ1n) is 12.0. The topological polar surface area (TPSA) is 95.9 Å². The Labute approximate surface area is 200 Å². The van der Waals surface area contributed by atoms with Crippen LogP contribution in [0.3, 0.4) is 0 Å². The van der Waals surface area contributed by atoms with Crippen LogP contribution in [0, 0.1) is 11.8 Å². The molecule has 2 aromatic rings. The molecular weight excluding hydrogens is 432 g/mol. The van der Waals surface area contributed by atoms with Crippen LogP contribution < -0.4 is 5.32 Å². The van der Waals surface area contributed by atoms with Crippen molar-refractivity contribution in [1.29, 1.82) is 0 Å². The van der Waals surface area contributed by atoms with Crippen molar-refractivity contribution in [3.63, 3.8) is 0 Å². The van der Waals surface area contributed by atoms with Gasteiger partial charge in [-0.2, -0.15) is 0 Å². The molecule has 180 valence electrons. The fourth-order valence-corrected chi connectivity index (χ4v) is 5.07. The van der Waals surface area contributed by atoms with Crippen LogP contribution in [-0.4, -0.2) is 53.7 Å². The first-order chi connectivity index (χ1) is 16.3. The van der Waals surface area contributed by atoms with E-state index in [1.807, 2.05) is 38.1 Å². The van der Waals surface area contributed by atoms with Crippen LogP contribution in [0.4, 0.5) is 4.79 Å². The number of nitrogens with zero attached hydrogens (tertiary/aromatic N) is 1. The van der Waals surface area contributed by atoms with Gasteiger partial charge in [-0.25, -0.2) is 4.79 Å². The highest BCUT2D eigenvalue weighted by atomic mass is 16.5. The van der Waals surface area contributed by atoms with Crippen LogP contribution in [0.25, 0.3) is 11.1 Å². The van der Waals surface area contributed by atoms with Gasteiger partial charge in [0.25, 0.3) is 0 Å². The molecule has 0 spiro atoms. The van der Waals surface area contributed by atoms with Crippen molar-refractivity contribution in [1.82, 2.24) is 10.2 Å². The van der Waals surface area contributed by atoms with E-state index >= 15 is 0 Å². The van der Waals surface area contributed by atoms with Gasteiger partial charge in [-0.3, -0.25) is 9.59 Å². The molecule has 2 amide bonds. The number of carboxylic acid groups (broad SMARTS) is 1. The molecule has 1 aliphatic heterocycles. The van der Waals surface area contributed by atoms with E-state index in [4.69, 9.17) is 9.84 Å². The van der Waals surface area contributed by atoms with E-state index in [0.717, 1.165) is 28.7 Å². The molecule has 0 saturated carbocycles. The first kappa shape index (κ1) is 23.8. The number of carbonyl (C=O) groups excluding carboxylic acids is 2. The molecule has 1 heterocycles. The van der Waals surface area contributed by atoms with Crippen molar-refractivity contribution in [2.75, 3.05) is 19.7 Å². The summed E-state index contributed by atoms with van der Waals surface area (Å²) >= 11 is 0. The summed E-state index contributed by atoms with van der Waals surface area (Å²) in [4.78, 5) is 38.4. The Kier molecular flexibility index (Phi) is 7.20. The smallest absolute Gasteiger partial charge is 0.407 e. The van der Waals surface area contributed by atoms with E-state index in [1.165, 1.54) is 0 Å². The van der Waals surface area contributed by atoms with Gasteiger partial charge < -0.3 is 20.1 Å². The third-order valence-corrected chi connectivity index (χ3v) is 6.91. The number of carboxylic acids is 1. The number of nitrogens with one attached hydrogen (secondary N) is 1. The highest BCUT2D eigenvalue weighted by molar-refractivity contribution is 5.86. The molecular formula is C27H32N2O5. The van der Waals surface area contributed by atoms with Gasteiger partial charge in [0.15, 0.2) is 0 Å². The quantitative estimate of drug-likeness (QED) is 0.609. The minimum Gasteiger partial charge on any atom is -0.481 e. The van der Waals surface area contributed by atoms with Crippen LogP contribution >= 0.6 is 0 Å². The average Bonchev–Trinajstić information content (AvgIpc) is 3.42. The summed E-state index contributed by atoms with van der Waals surface area (Å²) in [7, 11) is 0. The van der Waals surface area contributed by atoms with Gasteiger partial charge in [0, 0.05) is 25.4 Å². The second-order valence-electron chi connectivity index (χ2n) is 9.56. The van der Waals surface area contributed by atoms with Crippen molar-refractivity contribution < 1.29 is 24.2 Å². The van der Waals surface area contributed by atoms with Gasteiger partial charge in [0.1, 0.15) is 12.6 Å². The highest BCUT2D eigenvalue weighted by Crippen LogP contribution is 2.44. The molecule has 1 saturated heterocycles. The summed E-state index contributed by atoms with van der Waals surface area (Å²) < 4.78 is 5.63. The summed E-state index contributed by atoms with van der Waals surface area (Å²) in [5.41, 5.74) is 4.59. The summed E-state index contributed by atoms with van der Waals surface area (Å²) in [6.45, 7) is 5.09. The minimum absolute atomic E-state index is 0.0417.